The minimum atomic E-state index is -0.121. The zero-order valence-corrected chi connectivity index (χ0v) is 35.3. The third-order valence-electron chi connectivity index (χ3n) is 13.4. The molecule has 0 fully saturated rings. The molecule has 63 heavy (non-hydrogen) atoms. The number of hydrogen-bond donors (Lipinski definition) is 0. The van der Waals surface area contributed by atoms with E-state index in [1.54, 1.807) is 0 Å². The smallest absolute Gasteiger partial charge is 0.0561 e. The van der Waals surface area contributed by atoms with Gasteiger partial charge in [-0.25, -0.2) is 0 Å². The van der Waals surface area contributed by atoms with Crippen molar-refractivity contribution in [1.29, 1.82) is 0 Å². The number of rotatable bonds is 7. The van der Waals surface area contributed by atoms with Crippen LogP contribution in [0.5, 0.6) is 0 Å². The largest absolute Gasteiger partial charge is 0.309 e. The maximum Gasteiger partial charge on any atom is 0.0561 e. The molecule has 11 aromatic rings. The lowest BCUT2D eigenvalue weighted by Gasteiger charge is -2.31. The number of para-hydroxylation sites is 4. The Morgan fingerprint density at radius 3 is 1.75 bits per heavy atom. The normalized spacial score (nSPS) is 12.7. The van der Waals surface area contributed by atoms with Crippen LogP contribution in [0.3, 0.4) is 0 Å². The summed E-state index contributed by atoms with van der Waals surface area (Å²) in [5.74, 6) is 0. The number of anilines is 3. The number of aromatic nitrogens is 1. The quantitative estimate of drug-likeness (QED) is 0.156. The van der Waals surface area contributed by atoms with Crippen molar-refractivity contribution < 1.29 is 0 Å². The summed E-state index contributed by atoms with van der Waals surface area (Å²) in [7, 11) is 0. The van der Waals surface area contributed by atoms with E-state index >= 15 is 0 Å². The minimum Gasteiger partial charge on any atom is -0.309 e. The highest BCUT2D eigenvalue weighted by atomic mass is 15.1. The van der Waals surface area contributed by atoms with Crippen LogP contribution >= 0.6 is 0 Å². The van der Waals surface area contributed by atoms with E-state index in [0.29, 0.717) is 0 Å². The molecule has 0 atom stereocenters. The van der Waals surface area contributed by atoms with E-state index in [0.717, 1.165) is 33.8 Å². The van der Waals surface area contributed by atoms with Gasteiger partial charge >= 0.3 is 0 Å². The second kappa shape index (κ2) is 14.6. The van der Waals surface area contributed by atoms with E-state index in [1.165, 1.54) is 77.1 Å². The zero-order valence-electron chi connectivity index (χ0n) is 35.3. The minimum absolute atomic E-state index is 0.121. The Hall–Kier alpha value is -7.94. The Bertz CT molecular complexity index is 3530. The van der Waals surface area contributed by atoms with Crippen LogP contribution < -0.4 is 4.90 Å². The average molecular weight is 805 g/mol. The molecule has 0 radical (unpaired) electrons. The van der Waals surface area contributed by atoms with Crippen molar-refractivity contribution in [3.63, 3.8) is 0 Å². The van der Waals surface area contributed by atoms with Crippen LogP contribution in [0, 0.1) is 0 Å². The predicted octanol–water partition coefficient (Wildman–Crippen LogP) is 16.7. The molecule has 1 heterocycles. The van der Waals surface area contributed by atoms with Gasteiger partial charge in [-0.05, 0) is 104 Å². The monoisotopic (exact) mass is 804 g/mol. The first kappa shape index (κ1) is 36.9. The van der Waals surface area contributed by atoms with Gasteiger partial charge in [0.15, 0.2) is 0 Å². The number of hydrogen-bond acceptors (Lipinski definition) is 1. The second-order valence-electron chi connectivity index (χ2n) is 17.3. The van der Waals surface area contributed by atoms with Gasteiger partial charge in [0.05, 0.1) is 22.4 Å². The van der Waals surface area contributed by atoms with Crippen molar-refractivity contribution in [3.05, 3.63) is 242 Å². The SMILES string of the molecule is CC1(C)c2ccccc2-c2ccc(-c3ccccc3N(c3ccc4c5ccccc5n(-c5ccccc5)c4c3)c3ccccc3-c3cccc4cccc(-c5ccccc5)c34)cc21. The Labute approximate surface area is 368 Å². The fraction of sp³-hybridized carbons (Fsp3) is 0.0492. The Morgan fingerprint density at radius 2 is 0.952 bits per heavy atom. The van der Waals surface area contributed by atoms with E-state index in [-0.39, 0.29) is 5.41 Å². The van der Waals surface area contributed by atoms with Crippen molar-refractivity contribution in [2.24, 2.45) is 0 Å². The Balaban J connectivity index is 1.14. The summed E-state index contributed by atoms with van der Waals surface area (Å²) < 4.78 is 2.42. The fourth-order valence-corrected chi connectivity index (χ4v) is 10.5. The third kappa shape index (κ3) is 5.86. The molecule has 0 saturated heterocycles. The Morgan fingerprint density at radius 1 is 0.365 bits per heavy atom. The highest BCUT2D eigenvalue weighted by molar-refractivity contribution is 6.12. The molecule has 0 saturated carbocycles. The molecule has 2 heteroatoms. The van der Waals surface area contributed by atoms with Gasteiger partial charge in [0.25, 0.3) is 0 Å². The molecule has 2 nitrogen and oxygen atoms in total. The molecule has 0 unspecified atom stereocenters. The van der Waals surface area contributed by atoms with E-state index in [2.05, 4.69) is 254 Å². The molecule has 10 aromatic carbocycles. The topological polar surface area (TPSA) is 8.17 Å². The lowest BCUT2D eigenvalue weighted by atomic mass is 9.81. The van der Waals surface area contributed by atoms with E-state index < -0.39 is 0 Å². The van der Waals surface area contributed by atoms with Crippen molar-refractivity contribution in [3.8, 4) is 50.2 Å². The standard InChI is InChI=1S/C61H44N2/c1-61(2)54-31-13-9-26-48(54)49-37-35-43(39-55(49)61)46-25-10-14-32-56(46)63(45-36-38-52-50-27-11-15-33-57(50)62(59(52)40-45)44-23-7-4-8-24-44)58-34-16-12-28-51(58)53-30-18-22-42-21-17-29-47(60(42)53)41-19-5-3-6-20-41/h3-40H,1-2H3. The highest BCUT2D eigenvalue weighted by Gasteiger charge is 2.35. The van der Waals surface area contributed by atoms with Gasteiger partial charge in [-0.1, -0.05) is 196 Å². The van der Waals surface area contributed by atoms with Crippen LogP contribution in [-0.4, -0.2) is 4.57 Å². The molecule has 1 aromatic heterocycles. The predicted molar refractivity (Wildman–Crippen MR) is 267 cm³/mol. The van der Waals surface area contributed by atoms with Crippen molar-refractivity contribution in [1.82, 2.24) is 4.57 Å². The molecule has 1 aliphatic carbocycles. The van der Waals surface area contributed by atoms with Gasteiger partial charge in [-0.15, -0.1) is 0 Å². The first-order chi connectivity index (χ1) is 31.0. The highest BCUT2D eigenvalue weighted by Crippen LogP contribution is 2.52. The molecule has 0 aliphatic heterocycles. The first-order valence-corrected chi connectivity index (χ1v) is 21.9. The van der Waals surface area contributed by atoms with Crippen molar-refractivity contribution >= 4 is 49.6 Å². The van der Waals surface area contributed by atoms with Gasteiger partial charge in [-0.3, -0.25) is 0 Å². The molecule has 0 spiro atoms. The van der Waals surface area contributed by atoms with E-state index in [1.807, 2.05) is 0 Å². The number of nitrogens with zero attached hydrogens (tertiary/aromatic N) is 2. The maximum absolute atomic E-state index is 2.51. The molecule has 0 bridgehead atoms. The van der Waals surface area contributed by atoms with Gasteiger partial charge in [0.2, 0.25) is 0 Å². The Kier molecular flexibility index (Phi) is 8.55. The van der Waals surface area contributed by atoms with Crippen LogP contribution in [-0.2, 0) is 5.41 Å². The summed E-state index contributed by atoms with van der Waals surface area (Å²) in [6.07, 6.45) is 0. The van der Waals surface area contributed by atoms with Gasteiger partial charge in [0, 0.05) is 38.7 Å². The summed E-state index contributed by atoms with van der Waals surface area (Å²) in [5.41, 5.74) is 19.2. The molecule has 12 rings (SSSR count). The summed E-state index contributed by atoms with van der Waals surface area (Å²) in [4.78, 5) is 2.51. The molecule has 0 amide bonds. The number of fused-ring (bicyclic) bond motifs is 7. The van der Waals surface area contributed by atoms with Gasteiger partial charge in [-0.2, -0.15) is 0 Å². The van der Waals surface area contributed by atoms with Crippen LogP contribution in [0.2, 0.25) is 0 Å². The molecule has 1 aliphatic rings. The maximum atomic E-state index is 2.51. The summed E-state index contributed by atoms with van der Waals surface area (Å²) in [6, 6.07) is 84.8. The van der Waals surface area contributed by atoms with Crippen LogP contribution in [0.25, 0.3) is 82.8 Å². The molecular weight excluding hydrogens is 761 g/mol. The first-order valence-electron chi connectivity index (χ1n) is 21.9. The van der Waals surface area contributed by atoms with E-state index in [4.69, 9.17) is 0 Å². The summed E-state index contributed by atoms with van der Waals surface area (Å²) >= 11 is 0. The molecule has 0 N–H and O–H groups in total. The van der Waals surface area contributed by atoms with Crippen LogP contribution in [0.15, 0.2) is 231 Å². The average Bonchev–Trinajstić information content (AvgIpc) is 3.79. The van der Waals surface area contributed by atoms with Gasteiger partial charge < -0.3 is 9.47 Å². The molecule has 298 valence electrons. The lowest BCUT2D eigenvalue weighted by Crippen LogP contribution is -2.15. The number of benzene rings is 10. The second-order valence-corrected chi connectivity index (χ2v) is 17.3. The summed E-state index contributed by atoms with van der Waals surface area (Å²) in [6.45, 7) is 4.73. The lowest BCUT2D eigenvalue weighted by molar-refractivity contribution is 0.660. The third-order valence-corrected chi connectivity index (χ3v) is 13.4. The van der Waals surface area contributed by atoms with Crippen molar-refractivity contribution in [2.45, 2.75) is 19.3 Å². The van der Waals surface area contributed by atoms with E-state index in [9.17, 15) is 0 Å². The van der Waals surface area contributed by atoms with Crippen LogP contribution in [0.1, 0.15) is 25.0 Å². The van der Waals surface area contributed by atoms with Gasteiger partial charge in [0.1, 0.15) is 0 Å². The van der Waals surface area contributed by atoms with Crippen LogP contribution in [0.4, 0.5) is 17.1 Å². The molecular formula is C61H44N2. The summed E-state index contributed by atoms with van der Waals surface area (Å²) in [5, 5.41) is 4.92. The fourth-order valence-electron chi connectivity index (χ4n) is 10.5. The van der Waals surface area contributed by atoms with Crippen molar-refractivity contribution in [2.75, 3.05) is 4.90 Å². The zero-order chi connectivity index (χ0) is 42.1.